The third-order valence-electron chi connectivity index (χ3n) is 1.75. The van der Waals surface area contributed by atoms with Crippen molar-refractivity contribution in [1.29, 1.82) is 0 Å². The summed E-state index contributed by atoms with van der Waals surface area (Å²) >= 11 is 0. The van der Waals surface area contributed by atoms with E-state index in [1.807, 2.05) is 27.7 Å². The maximum Gasteiger partial charge on any atom is 0.309 e. The van der Waals surface area contributed by atoms with Crippen molar-refractivity contribution < 1.29 is 9.53 Å². The standard InChI is InChI=1S/C9H17O2/c1-6-8(10)11-7(2)9(3,4)5/h6-7H,1-5H3. The van der Waals surface area contributed by atoms with Gasteiger partial charge in [0, 0.05) is 0 Å². The first-order chi connectivity index (χ1) is 4.88. The van der Waals surface area contributed by atoms with E-state index < -0.39 is 0 Å². The van der Waals surface area contributed by atoms with Gasteiger partial charge in [-0.05, 0) is 12.3 Å². The Kier molecular flexibility index (Phi) is 3.56. The first-order valence-electron chi connectivity index (χ1n) is 3.88. The van der Waals surface area contributed by atoms with E-state index in [0.717, 1.165) is 0 Å². The molecule has 0 aliphatic carbocycles. The van der Waals surface area contributed by atoms with Crippen molar-refractivity contribution in [2.45, 2.75) is 40.7 Å². The Labute approximate surface area is 68.9 Å². The quantitative estimate of drug-likeness (QED) is 0.574. The van der Waals surface area contributed by atoms with Crippen LogP contribution in [0.25, 0.3) is 0 Å². The van der Waals surface area contributed by atoms with Crippen LogP contribution in [-0.4, -0.2) is 12.1 Å². The van der Waals surface area contributed by atoms with Crippen LogP contribution in [0.3, 0.4) is 0 Å². The number of carbonyl (C=O) groups is 1. The average Bonchev–Trinajstić information content (AvgIpc) is 1.85. The van der Waals surface area contributed by atoms with Crippen molar-refractivity contribution in [2.24, 2.45) is 5.41 Å². The summed E-state index contributed by atoms with van der Waals surface area (Å²) in [6, 6.07) is 0. The topological polar surface area (TPSA) is 26.3 Å². The van der Waals surface area contributed by atoms with Crippen molar-refractivity contribution in [2.75, 3.05) is 0 Å². The van der Waals surface area contributed by atoms with Gasteiger partial charge in [-0.15, -0.1) is 0 Å². The highest BCUT2D eigenvalue weighted by Gasteiger charge is 2.22. The van der Waals surface area contributed by atoms with Crippen LogP contribution in [0.4, 0.5) is 0 Å². The molecular weight excluding hydrogens is 140 g/mol. The van der Waals surface area contributed by atoms with Gasteiger partial charge in [0.15, 0.2) is 0 Å². The van der Waals surface area contributed by atoms with Gasteiger partial charge in [0.1, 0.15) is 6.10 Å². The minimum absolute atomic E-state index is 0.0265. The van der Waals surface area contributed by atoms with Crippen LogP contribution in [-0.2, 0) is 9.53 Å². The molecule has 0 aliphatic rings. The summed E-state index contributed by atoms with van der Waals surface area (Å²) in [7, 11) is 0. The van der Waals surface area contributed by atoms with Crippen LogP contribution in [0.5, 0.6) is 0 Å². The highest BCUT2D eigenvalue weighted by Crippen LogP contribution is 2.21. The van der Waals surface area contributed by atoms with Gasteiger partial charge in [0.2, 0.25) is 0 Å². The highest BCUT2D eigenvalue weighted by molar-refractivity contribution is 5.78. The second-order valence-corrected chi connectivity index (χ2v) is 3.73. The minimum Gasteiger partial charge on any atom is -0.462 e. The van der Waals surface area contributed by atoms with Gasteiger partial charge in [0.05, 0.1) is 6.42 Å². The molecule has 11 heavy (non-hydrogen) atoms. The molecule has 0 aromatic heterocycles. The Hall–Kier alpha value is -0.530. The second-order valence-electron chi connectivity index (χ2n) is 3.73. The predicted octanol–water partition coefficient (Wildman–Crippen LogP) is 2.19. The van der Waals surface area contributed by atoms with E-state index >= 15 is 0 Å². The third-order valence-corrected chi connectivity index (χ3v) is 1.75. The van der Waals surface area contributed by atoms with Gasteiger partial charge >= 0.3 is 5.97 Å². The summed E-state index contributed by atoms with van der Waals surface area (Å²) in [5.74, 6) is -0.243. The molecule has 0 heterocycles. The second kappa shape index (κ2) is 3.74. The molecule has 0 aromatic rings. The number of carbonyl (C=O) groups excluding carboxylic acids is 1. The molecule has 1 radical (unpaired) electrons. The van der Waals surface area contributed by atoms with Gasteiger partial charge in [-0.2, -0.15) is 0 Å². The van der Waals surface area contributed by atoms with Gasteiger partial charge in [0.25, 0.3) is 0 Å². The minimum atomic E-state index is -0.243. The fourth-order valence-electron chi connectivity index (χ4n) is 0.419. The maximum absolute atomic E-state index is 10.8. The van der Waals surface area contributed by atoms with Crippen molar-refractivity contribution in [1.82, 2.24) is 0 Å². The lowest BCUT2D eigenvalue weighted by molar-refractivity contribution is -0.148. The van der Waals surface area contributed by atoms with Crippen LogP contribution >= 0.6 is 0 Å². The fourth-order valence-corrected chi connectivity index (χ4v) is 0.419. The number of hydrogen-bond acceptors (Lipinski definition) is 2. The zero-order chi connectivity index (χ0) is 9.07. The average molecular weight is 157 g/mol. The molecule has 0 fully saturated rings. The molecule has 0 N–H and O–H groups in total. The lowest BCUT2D eigenvalue weighted by atomic mass is 9.90. The summed E-state index contributed by atoms with van der Waals surface area (Å²) in [6.07, 6.45) is 1.40. The molecule has 0 saturated heterocycles. The number of hydrogen-bond donors (Lipinski definition) is 0. The lowest BCUT2D eigenvalue weighted by Crippen LogP contribution is -2.28. The van der Waals surface area contributed by atoms with E-state index in [4.69, 9.17) is 4.74 Å². The van der Waals surface area contributed by atoms with Crippen LogP contribution in [0.2, 0.25) is 0 Å². The first kappa shape index (κ1) is 10.5. The van der Waals surface area contributed by atoms with Crippen molar-refractivity contribution in [3.63, 3.8) is 0 Å². The molecule has 0 bridgehead atoms. The van der Waals surface area contributed by atoms with Gasteiger partial charge < -0.3 is 4.74 Å². The number of ether oxygens (including phenoxy) is 1. The van der Waals surface area contributed by atoms with E-state index in [1.165, 1.54) is 6.42 Å². The molecule has 0 saturated carbocycles. The van der Waals surface area contributed by atoms with E-state index in [2.05, 4.69) is 0 Å². The Morgan fingerprint density at radius 1 is 1.45 bits per heavy atom. The van der Waals surface area contributed by atoms with Crippen molar-refractivity contribution >= 4 is 5.97 Å². The summed E-state index contributed by atoms with van der Waals surface area (Å²) in [4.78, 5) is 10.8. The maximum atomic E-state index is 10.8. The summed E-state index contributed by atoms with van der Waals surface area (Å²) in [5, 5.41) is 0. The molecular formula is C9H17O2. The van der Waals surface area contributed by atoms with Gasteiger partial charge in [-0.3, -0.25) is 4.79 Å². The zero-order valence-electron chi connectivity index (χ0n) is 7.97. The molecule has 1 unspecified atom stereocenters. The Bertz CT molecular complexity index is 133. The molecule has 0 aliphatic heterocycles. The van der Waals surface area contributed by atoms with Gasteiger partial charge in [-0.25, -0.2) is 0 Å². The lowest BCUT2D eigenvalue weighted by Gasteiger charge is -2.26. The van der Waals surface area contributed by atoms with Gasteiger partial charge in [-0.1, -0.05) is 27.7 Å². The molecule has 2 heteroatoms. The van der Waals surface area contributed by atoms with Crippen LogP contribution < -0.4 is 0 Å². The SMILES string of the molecule is C[CH]C(=O)OC(C)C(C)(C)C. The van der Waals surface area contributed by atoms with Crippen molar-refractivity contribution in [3.8, 4) is 0 Å². The molecule has 65 valence electrons. The fraction of sp³-hybridized carbons (Fsp3) is 0.778. The van der Waals surface area contributed by atoms with E-state index in [9.17, 15) is 4.79 Å². The Morgan fingerprint density at radius 3 is 2.18 bits per heavy atom. The summed E-state index contributed by atoms with van der Waals surface area (Å²) in [5.41, 5.74) is 0.0265. The normalized spacial score (nSPS) is 14.3. The van der Waals surface area contributed by atoms with Crippen LogP contribution in [0.15, 0.2) is 0 Å². The largest absolute Gasteiger partial charge is 0.462 e. The number of rotatable bonds is 2. The molecule has 0 spiro atoms. The Morgan fingerprint density at radius 2 is 1.91 bits per heavy atom. The smallest absolute Gasteiger partial charge is 0.309 e. The highest BCUT2D eigenvalue weighted by atomic mass is 16.5. The zero-order valence-corrected chi connectivity index (χ0v) is 7.97. The van der Waals surface area contributed by atoms with Crippen molar-refractivity contribution in [3.05, 3.63) is 6.42 Å². The molecule has 0 rings (SSSR count). The van der Waals surface area contributed by atoms with E-state index in [1.54, 1.807) is 6.92 Å². The summed E-state index contributed by atoms with van der Waals surface area (Å²) < 4.78 is 5.07. The first-order valence-corrected chi connectivity index (χ1v) is 3.88. The summed E-state index contributed by atoms with van der Waals surface area (Å²) in [6.45, 7) is 9.71. The Balaban J connectivity index is 3.87. The molecule has 0 amide bonds. The predicted molar refractivity (Wildman–Crippen MR) is 45.0 cm³/mol. The van der Waals surface area contributed by atoms with Crippen LogP contribution in [0.1, 0.15) is 34.6 Å². The van der Waals surface area contributed by atoms with Crippen LogP contribution in [0, 0.1) is 11.8 Å². The molecule has 2 nitrogen and oxygen atoms in total. The van der Waals surface area contributed by atoms with E-state index in [0.29, 0.717) is 0 Å². The monoisotopic (exact) mass is 157 g/mol. The van der Waals surface area contributed by atoms with E-state index in [-0.39, 0.29) is 17.5 Å². The molecule has 1 atom stereocenters. The number of esters is 1. The molecule has 0 aromatic carbocycles. The third kappa shape index (κ3) is 4.02.